The Kier molecular flexibility index (Phi) is 3.52. The summed E-state index contributed by atoms with van der Waals surface area (Å²) in [6.45, 7) is 25.3. The van der Waals surface area contributed by atoms with Crippen LogP contribution in [0.1, 0.15) is 97.2 Å². The molecule has 0 amide bonds. The minimum Gasteiger partial charge on any atom is -0.0561 e. The molecule has 5 aliphatic rings. The topological polar surface area (TPSA) is 0 Å². The molecular formula is C84H34Si. The predicted molar refractivity (Wildman–Crippen MR) is 368 cm³/mol. The fourth-order valence-electron chi connectivity index (χ4n) is 29.4. The molecule has 0 bridgehead atoms. The lowest BCUT2D eigenvalue weighted by Crippen LogP contribution is -2.58. The molecule has 0 unspecified atom stereocenters. The zero-order valence-electron chi connectivity index (χ0n) is 47.8. The van der Waals surface area contributed by atoms with Gasteiger partial charge in [0.15, 0.2) is 8.07 Å². The van der Waals surface area contributed by atoms with Gasteiger partial charge in [0.2, 0.25) is 0 Å². The van der Waals surface area contributed by atoms with Crippen molar-refractivity contribution in [1.82, 2.24) is 0 Å². The van der Waals surface area contributed by atoms with E-state index in [0.717, 1.165) is 0 Å². The third kappa shape index (κ3) is 2.11. The van der Waals surface area contributed by atoms with Gasteiger partial charge in [-0.2, -0.15) is 0 Å². The van der Waals surface area contributed by atoms with Crippen molar-refractivity contribution in [2.24, 2.45) is 0 Å². The summed E-state index contributed by atoms with van der Waals surface area (Å²) in [5.74, 6) is 0. The van der Waals surface area contributed by atoms with Crippen LogP contribution in [0.25, 0.3) is 291 Å². The second-order valence-electron chi connectivity index (χ2n) is 33.5. The Labute approximate surface area is 476 Å². The van der Waals surface area contributed by atoms with Gasteiger partial charge in [-0.25, -0.2) is 0 Å². The summed E-state index contributed by atoms with van der Waals surface area (Å²) in [5.41, 5.74) is 16.6. The molecule has 35 rings (SSSR count). The highest BCUT2D eigenvalue weighted by Crippen LogP contribution is 2.92. The molecule has 374 valence electrons. The van der Waals surface area contributed by atoms with Crippen molar-refractivity contribution < 1.29 is 0 Å². The smallest absolute Gasteiger partial charge is 0.0561 e. The normalized spacial score (nSPS) is 19.2. The van der Waals surface area contributed by atoms with Crippen LogP contribution in [-0.4, -0.2) is 8.07 Å². The first-order valence-electron chi connectivity index (χ1n) is 32.3. The predicted octanol–water partition coefficient (Wildman–Crippen LogP) is 21.5. The molecule has 1 fully saturated rings. The van der Waals surface area contributed by atoms with Gasteiger partial charge < -0.3 is 0 Å². The van der Waals surface area contributed by atoms with E-state index in [4.69, 9.17) is 0 Å². The monoisotopic (exact) mass is 1070 g/mol. The zero-order valence-corrected chi connectivity index (χ0v) is 48.8. The summed E-state index contributed by atoms with van der Waals surface area (Å²) < 4.78 is 0. The van der Waals surface area contributed by atoms with Gasteiger partial charge in [-0.05, 0) is 373 Å². The molecular weight excluding hydrogens is 1040 g/mol. The van der Waals surface area contributed by atoms with Crippen LogP contribution in [0.3, 0.4) is 0 Å². The Bertz CT molecular complexity index is 7620. The first-order chi connectivity index (χ1) is 41.3. The second-order valence-corrected chi connectivity index (χ2v) is 37.5. The fraction of sp³-hybridized carbons (Fsp3) is 0.167. The van der Waals surface area contributed by atoms with Crippen molar-refractivity contribution in [1.29, 1.82) is 0 Å². The summed E-state index contributed by atoms with van der Waals surface area (Å²) in [4.78, 5) is 0. The summed E-state index contributed by atoms with van der Waals surface area (Å²) in [6, 6.07) is 11.0. The van der Waals surface area contributed by atoms with Gasteiger partial charge in [0.25, 0.3) is 0 Å². The van der Waals surface area contributed by atoms with Crippen LogP contribution in [-0.2, 0) is 20.9 Å². The van der Waals surface area contributed by atoms with E-state index in [9.17, 15) is 0 Å². The summed E-state index contributed by atoms with van der Waals surface area (Å²) in [5, 5.41) is 94.1. The van der Waals surface area contributed by atoms with Crippen LogP contribution in [0.5, 0.6) is 0 Å². The van der Waals surface area contributed by atoms with Crippen LogP contribution >= 0.6 is 0 Å². The van der Waals surface area contributed by atoms with E-state index in [1.54, 1.807) is 323 Å². The van der Waals surface area contributed by atoms with Crippen LogP contribution < -0.4 is 10.4 Å². The number of rotatable bonds is 2. The molecule has 30 aromatic carbocycles. The molecule has 0 aromatic heterocycles. The second kappa shape index (κ2) is 8.29. The van der Waals surface area contributed by atoms with Crippen molar-refractivity contribution in [2.75, 3.05) is 0 Å². The highest BCUT2D eigenvalue weighted by atomic mass is 28.3. The van der Waals surface area contributed by atoms with Crippen LogP contribution in [0.4, 0.5) is 0 Å². The van der Waals surface area contributed by atoms with E-state index in [0.29, 0.717) is 0 Å². The fourth-order valence-corrected chi connectivity index (χ4v) is 38.3. The van der Waals surface area contributed by atoms with Crippen molar-refractivity contribution in [3.63, 3.8) is 0 Å². The Morgan fingerprint density at radius 2 is 0.318 bits per heavy atom. The van der Waals surface area contributed by atoms with Gasteiger partial charge in [-0.1, -0.05) is 88.1 Å². The largest absolute Gasteiger partial charge is 0.150 e. The zero-order chi connectivity index (χ0) is 53.4. The minimum absolute atomic E-state index is 0.0207. The lowest BCUT2D eigenvalue weighted by atomic mass is 9.68. The maximum atomic E-state index is 2.75. The molecule has 0 atom stereocenters. The Hall–Kier alpha value is -8.88. The van der Waals surface area contributed by atoms with Gasteiger partial charge in [0.1, 0.15) is 0 Å². The van der Waals surface area contributed by atoms with Gasteiger partial charge in [0, 0.05) is 10.1 Å². The highest BCUT2D eigenvalue weighted by Gasteiger charge is 2.97. The number of benzene rings is 20. The van der Waals surface area contributed by atoms with E-state index in [1.807, 2.05) is 22.3 Å². The molecule has 4 aliphatic carbocycles. The molecule has 30 aromatic rings. The quantitative estimate of drug-likeness (QED) is 0.120. The summed E-state index contributed by atoms with van der Waals surface area (Å²) >= 11 is 0. The van der Waals surface area contributed by atoms with Crippen molar-refractivity contribution in [3.05, 3.63) is 79.9 Å². The van der Waals surface area contributed by atoms with Crippen LogP contribution in [0.15, 0.2) is 24.3 Å². The molecule has 1 heterocycles. The van der Waals surface area contributed by atoms with Gasteiger partial charge >= 0.3 is 0 Å². The Morgan fingerprint density at radius 3 is 0.435 bits per heavy atom. The third-order valence-corrected chi connectivity index (χ3v) is 36.7. The molecule has 0 N–H and O–H groups in total. The summed E-state index contributed by atoms with van der Waals surface area (Å²) in [7, 11) is -3.36. The lowest BCUT2D eigenvalue weighted by Gasteiger charge is -2.33. The molecule has 0 radical (unpaired) electrons. The van der Waals surface area contributed by atoms with E-state index in [1.165, 1.54) is 11.1 Å². The van der Waals surface area contributed by atoms with E-state index in [2.05, 4.69) is 93.5 Å². The maximum Gasteiger partial charge on any atom is 0.150 e. The number of aryl methyl sites for hydroxylation is 4. The number of hydrogen-bond acceptors (Lipinski definition) is 0. The molecule has 1 aliphatic heterocycles. The van der Waals surface area contributed by atoms with Gasteiger partial charge in [-0.15, -0.1) is 0 Å². The average Bonchev–Trinajstić information content (AvgIpc) is 1.36. The first-order valence-corrected chi connectivity index (χ1v) is 34.3. The van der Waals surface area contributed by atoms with Crippen molar-refractivity contribution in [2.45, 2.75) is 90.1 Å². The Morgan fingerprint density at radius 1 is 0.200 bits per heavy atom. The van der Waals surface area contributed by atoms with Crippen molar-refractivity contribution >= 4 is 309 Å². The SMILES string of the molecule is Cc1cc(C(C)(C)C)cc(C)c1[Si]1(c2c(C)cc(C(C)(C)C)cc2C)C23c4c5c6c7c8c9c(c%10c%11c2c2c4c4c%12c5c5c6c6c8c8c%13c9c9c%10c%10c%11c%11c2c2c4c4c%12c%12c5c5c6c8c6c8c%13c9c9c%10c%10c%11c2c2c4c4c%12c5c6c5c8c9c%10c2c45)C731. The standard InChI is InChI=1S/C84H34Si/c1-15-11-19(81(5,6)7)12-16(2)79(15)85(80-17(3)13-20(14-18(80)4)82(8,9)10)83-75-67-59-49-39-31-23-21-22-25-29-27(23)35-43-37(29)47-41-33(25)34-26(22)30-28-24(21)32(31)40-46-36(28)44-38(30)48-42(34)52-51(41)61-55(47)65-57(43)63(53(59)45(35)39)71(75)73(65)77-69(61)70-62(52)56(48)66-58(44)64-54(46)60(50(40)49)68(67)76(83)72(64)74(66)78(70)84(77,83)85/h11-14H,1-10H3. The summed E-state index contributed by atoms with van der Waals surface area (Å²) in [6.07, 6.45) is 0. The highest BCUT2D eigenvalue weighted by molar-refractivity contribution is 7.19. The molecule has 0 nitrogen and oxygen atoms in total. The Balaban J connectivity index is 1.04. The number of hydrogen-bond donors (Lipinski definition) is 0. The van der Waals surface area contributed by atoms with E-state index >= 15 is 0 Å². The van der Waals surface area contributed by atoms with E-state index < -0.39 is 8.07 Å². The van der Waals surface area contributed by atoms with Crippen molar-refractivity contribution in [3.8, 4) is 0 Å². The van der Waals surface area contributed by atoms with Gasteiger partial charge in [0.05, 0.1) is 0 Å². The van der Waals surface area contributed by atoms with Crippen LogP contribution in [0.2, 0.25) is 0 Å². The third-order valence-electron chi connectivity index (χ3n) is 29.9. The molecule has 2 spiro atoms. The maximum absolute atomic E-state index is 3.36. The molecule has 1 saturated heterocycles. The lowest BCUT2D eigenvalue weighted by molar-refractivity contribution is 0.589. The molecule has 0 saturated carbocycles. The first kappa shape index (κ1) is 36.1. The van der Waals surface area contributed by atoms with Gasteiger partial charge in [-0.3, -0.25) is 0 Å². The molecule has 1 heteroatoms. The van der Waals surface area contributed by atoms with E-state index in [-0.39, 0.29) is 20.9 Å². The van der Waals surface area contributed by atoms with Crippen LogP contribution in [0, 0.1) is 27.7 Å². The molecule has 85 heavy (non-hydrogen) atoms. The minimum atomic E-state index is -3.36. The average molecular weight is 1070 g/mol.